The molecule has 0 heterocycles. The van der Waals surface area contributed by atoms with E-state index in [-0.39, 0.29) is 5.56 Å². The standard InChI is InChI=1S/C15H21NO4/c1-12(2)11-19-8-6-16-7-9-20-14-5-3-4-13(10-14)15(17)18/h3-5,10,16H,1,6-9,11H2,2H3,(H,17,18). The van der Waals surface area contributed by atoms with Crippen LogP contribution in [0.3, 0.4) is 0 Å². The Morgan fingerprint density at radius 1 is 1.35 bits per heavy atom. The number of nitrogens with one attached hydrogen (secondary N) is 1. The summed E-state index contributed by atoms with van der Waals surface area (Å²) in [5.74, 6) is -0.395. The van der Waals surface area contributed by atoms with Crippen LogP contribution < -0.4 is 10.1 Å². The fourth-order valence-electron chi connectivity index (χ4n) is 1.48. The minimum atomic E-state index is -0.955. The summed E-state index contributed by atoms with van der Waals surface area (Å²) in [7, 11) is 0. The molecule has 0 aliphatic carbocycles. The van der Waals surface area contributed by atoms with E-state index in [1.807, 2.05) is 6.92 Å². The van der Waals surface area contributed by atoms with Gasteiger partial charge in [0.15, 0.2) is 0 Å². The number of benzene rings is 1. The van der Waals surface area contributed by atoms with Gasteiger partial charge in [0.1, 0.15) is 12.4 Å². The molecule has 0 spiro atoms. The van der Waals surface area contributed by atoms with Crippen LogP contribution in [-0.2, 0) is 4.74 Å². The SMILES string of the molecule is C=C(C)COCCNCCOc1cccc(C(=O)O)c1. The minimum absolute atomic E-state index is 0.226. The van der Waals surface area contributed by atoms with Crippen LogP contribution in [-0.4, -0.2) is 44.0 Å². The molecule has 5 heteroatoms. The lowest BCUT2D eigenvalue weighted by molar-refractivity contribution is 0.0696. The summed E-state index contributed by atoms with van der Waals surface area (Å²) in [6.45, 7) is 8.77. The summed E-state index contributed by atoms with van der Waals surface area (Å²) in [4.78, 5) is 10.8. The third kappa shape index (κ3) is 6.92. The molecule has 110 valence electrons. The Morgan fingerprint density at radius 3 is 2.80 bits per heavy atom. The average Bonchev–Trinajstić information content (AvgIpc) is 2.41. The zero-order valence-electron chi connectivity index (χ0n) is 11.7. The fraction of sp³-hybridized carbons (Fsp3) is 0.400. The predicted octanol–water partition coefficient (Wildman–Crippen LogP) is 1.95. The van der Waals surface area contributed by atoms with Crippen molar-refractivity contribution in [2.24, 2.45) is 0 Å². The van der Waals surface area contributed by atoms with Crippen molar-refractivity contribution in [2.75, 3.05) is 32.9 Å². The van der Waals surface area contributed by atoms with Crippen molar-refractivity contribution in [3.05, 3.63) is 42.0 Å². The Kier molecular flexibility index (Phi) is 7.39. The third-order valence-corrected chi connectivity index (χ3v) is 2.40. The number of carbonyl (C=O) groups is 1. The van der Waals surface area contributed by atoms with E-state index in [9.17, 15) is 4.79 Å². The molecule has 0 fully saturated rings. The Balaban J connectivity index is 2.11. The topological polar surface area (TPSA) is 67.8 Å². The molecule has 0 radical (unpaired) electrons. The van der Waals surface area contributed by atoms with Crippen LogP contribution in [0.1, 0.15) is 17.3 Å². The largest absolute Gasteiger partial charge is 0.492 e. The Bertz CT molecular complexity index is 445. The molecule has 0 atom stereocenters. The second-order valence-corrected chi connectivity index (χ2v) is 4.44. The molecule has 1 aromatic rings. The highest BCUT2D eigenvalue weighted by Gasteiger charge is 2.03. The number of rotatable bonds is 10. The number of hydrogen-bond donors (Lipinski definition) is 2. The van der Waals surface area contributed by atoms with Gasteiger partial charge < -0.3 is 19.9 Å². The number of ether oxygens (including phenoxy) is 2. The Morgan fingerprint density at radius 2 is 2.10 bits per heavy atom. The van der Waals surface area contributed by atoms with Gasteiger partial charge in [-0.1, -0.05) is 18.2 Å². The van der Waals surface area contributed by atoms with Gasteiger partial charge in [-0.3, -0.25) is 0 Å². The predicted molar refractivity (Wildman–Crippen MR) is 77.4 cm³/mol. The van der Waals surface area contributed by atoms with E-state index in [4.69, 9.17) is 14.6 Å². The second-order valence-electron chi connectivity index (χ2n) is 4.44. The van der Waals surface area contributed by atoms with Crippen molar-refractivity contribution >= 4 is 5.97 Å². The van der Waals surface area contributed by atoms with Gasteiger partial charge in [0.2, 0.25) is 0 Å². The molecule has 0 saturated carbocycles. The van der Waals surface area contributed by atoms with Gasteiger partial charge in [-0.2, -0.15) is 0 Å². The monoisotopic (exact) mass is 279 g/mol. The molecule has 2 N–H and O–H groups in total. The molecule has 0 bridgehead atoms. The van der Waals surface area contributed by atoms with E-state index < -0.39 is 5.97 Å². The van der Waals surface area contributed by atoms with Gasteiger partial charge >= 0.3 is 5.97 Å². The lowest BCUT2D eigenvalue weighted by atomic mass is 10.2. The van der Waals surface area contributed by atoms with E-state index in [1.54, 1.807) is 12.1 Å². The van der Waals surface area contributed by atoms with E-state index in [0.717, 1.165) is 12.1 Å². The molecule has 0 aliphatic heterocycles. The molecule has 1 rings (SSSR count). The lowest BCUT2D eigenvalue weighted by Gasteiger charge is -2.08. The lowest BCUT2D eigenvalue weighted by Crippen LogP contribution is -2.25. The molecule has 0 amide bonds. The first kappa shape index (κ1) is 16.2. The second kappa shape index (κ2) is 9.12. The van der Waals surface area contributed by atoms with Crippen LogP contribution in [0.2, 0.25) is 0 Å². The van der Waals surface area contributed by atoms with Gasteiger partial charge in [-0.05, 0) is 25.1 Å². The first-order valence-electron chi connectivity index (χ1n) is 6.48. The maximum Gasteiger partial charge on any atom is 0.335 e. The minimum Gasteiger partial charge on any atom is -0.492 e. The molecule has 0 saturated heterocycles. The van der Waals surface area contributed by atoms with Gasteiger partial charge in [0.05, 0.1) is 18.8 Å². The normalized spacial score (nSPS) is 10.2. The maximum atomic E-state index is 10.8. The third-order valence-electron chi connectivity index (χ3n) is 2.40. The first-order valence-corrected chi connectivity index (χ1v) is 6.48. The van der Waals surface area contributed by atoms with Gasteiger partial charge in [-0.15, -0.1) is 0 Å². The summed E-state index contributed by atoms with van der Waals surface area (Å²) >= 11 is 0. The van der Waals surface area contributed by atoms with E-state index in [2.05, 4.69) is 11.9 Å². The first-order chi connectivity index (χ1) is 9.59. The van der Waals surface area contributed by atoms with Crippen molar-refractivity contribution in [1.29, 1.82) is 0 Å². The summed E-state index contributed by atoms with van der Waals surface area (Å²) in [5, 5.41) is 12.0. The van der Waals surface area contributed by atoms with E-state index >= 15 is 0 Å². The number of carboxylic acid groups (broad SMARTS) is 1. The average molecular weight is 279 g/mol. The number of hydrogen-bond acceptors (Lipinski definition) is 4. The Labute approximate surface area is 119 Å². The molecule has 0 unspecified atom stereocenters. The van der Waals surface area contributed by atoms with Crippen LogP contribution in [0.5, 0.6) is 5.75 Å². The van der Waals surface area contributed by atoms with Crippen molar-refractivity contribution in [1.82, 2.24) is 5.32 Å². The van der Waals surface area contributed by atoms with Crippen molar-refractivity contribution in [2.45, 2.75) is 6.92 Å². The van der Waals surface area contributed by atoms with Crippen LogP contribution in [0.15, 0.2) is 36.4 Å². The number of carboxylic acids is 1. The summed E-state index contributed by atoms with van der Waals surface area (Å²) in [5.41, 5.74) is 1.23. The van der Waals surface area contributed by atoms with Crippen molar-refractivity contribution in [3.63, 3.8) is 0 Å². The quantitative estimate of drug-likeness (QED) is 0.506. The van der Waals surface area contributed by atoms with Crippen molar-refractivity contribution in [3.8, 4) is 5.75 Å². The smallest absolute Gasteiger partial charge is 0.335 e. The van der Waals surface area contributed by atoms with Gasteiger partial charge in [0.25, 0.3) is 0 Å². The van der Waals surface area contributed by atoms with E-state index in [0.29, 0.717) is 32.1 Å². The molecule has 1 aromatic carbocycles. The van der Waals surface area contributed by atoms with Crippen LogP contribution in [0.4, 0.5) is 0 Å². The summed E-state index contributed by atoms with van der Waals surface area (Å²) in [6, 6.07) is 6.45. The van der Waals surface area contributed by atoms with Crippen LogP contribution >= 0.6 is 0 Å². The summed E-state index contributed by atoms with van der Waals surface area (Å²) < 4.78 is 10.8. The van der Waals surface area contributed by atoms with Crippen LogP contribution in [0.25, 0.3) is 0 Å². The zero-order chi connectivity index (χ0) is 14.8. The highest BCUT2D eigenvalue weighted by molar-refractivity contribution is 5.87. The highest BCUT2D eigenvalue weighted by Crippen LogP contribution is 2.12. The zero-order valence-corrected chi connectivity index (χ0v) is 11.7. The molecular formula is C15H21NO4. The van der Waals surface area contributed by atoms with Crippen LogP contribution in [0, 0.1) is 0 Å². The molecule has 0 aliphatic rings. The molecular weight excluding hydrogens is 258 g/mol. The highest BCUT2D eigenvalue weighted by atomic mass is 16.5. The van der Waals surface area contributed by atoms with Gasteiger partial charge in [-0.25, -0.2) is 4.79 Å². The van der Waals surface area contributed by atoms with Gasteiger partial charge in [0, 0.05) is 13.1 Å². The fourth-order valence-corrected chi connectivity index (χ4v) is 1.48. The summed E-state index contributed by atoms with van der Waals surface area (Å²) in [6.07, 6.45) is 0. The van der Waals surface area contributed by atoms with Crippen molar-refractivity contribution < 1.29 is 19.4 Å². The maximum absolute atomic E-state index is 10.8. The van der Waals surface area contributed by atoms with E-state index in [1.165, 1.54) is 12.1 Å². The molecule has 5 nitrogen and oxygen atoms in total. The molecule has 20 heavy (non-hydrogen) atoms. The Hall–Kier alpha value is -1.85. The molecule has 0 aromatic heterocycles. The number of aromatic carboxylic acids is 1.